The molecule has 3 aromatic rings. The van der Waals surface area contributed by atoms with E-state index < -0.39 is 4.92 Å². The largest absolute Gasteiger partial charge is 0.269 e. The Morgan fingerprint density at radius 1 is 1.13 bits per heavy atom. The van der Waals surface area contributed by atoms with E-state index in [2.05, 4.69) is 22.1 Å². The van der Waals surface area contributed by atoms with Crippen LogP contribution in [-0.2, 0) is 0 Å². The number of aromatic nitrogens is 1. The van der Waals surface area contributed by atoms with Crippen molar-refractivity contribution in [3.8, 4) is 11.3 Å². The lowest BCUT2D eigenvalue weighted by Crippen LogP contribution is -1.88. The van der Waals surface area contributed by atoms with E-state index in [1.807, 2.05) is 24.4 Å². The SMILES string of the molecule is Cc1ccc(-c2csc(N=Cc3ccc([N+](=O)[O-])cc3)n2)cc1. The maximum atomic E-state index is 10.6. The highest BCUT2D eigenvalue weighted by molar-refractivity contribution is 7.13. The number of hydrogen-bond acceptors (Lipinski definition) is 5. The van der Waals surface area contributed by atoms with Gasteiger partial charge in [-0.15, -0.1) is 11.3 Å². The molecule has 0 radical (unpaired) electrons. The second-order valence-corrected chi connectivity index (χ2v) is 5.82. The molecule has 0 fully saturated rings. The van der Waals surface area contributed by atoms with Crippen molar-refractivity contribution in [3.63, 3.8) is 0 Å². The van der Waals surface area contributed by atoms with Crippen LogP contribution >= 0.6 is 11.3 Å². The molecule has 0 aliphatic heterocycles. The van der Waals surface area contributed by atoms with Crippen molar-refractivity contribution in [3.05, 3.63) is 75.2 Å². The fourth-order valence-electron chi connectivity index (χ4n) is 1.99. The minimum Gasteiger partial charge on any atom is -0.258 e. The first kappa shape index (κ1) is 15.1. The normalized spacial score (nSPS) is 11.0. The molecule has 0 unspecified atom stereocenters. The summed E-state index contributed by atoms with van der Waals surface area (Å²) in [5, 5.41) is 13.2. The average molecular weight is 323 g/mol. The summed E-state index contributed by atoms with van der Waals surface area (Å²) in [7, 11) is 0. The van der Waals surface area contributed by atoms with Crippen molar-refractivity contribution >= 4 is 28.4 Å². The number of rotatable bonds is 4. The van der Waals surface area contributed by atoms with Gasteiger partial charge in [-0.05, 0) is 24.6 Å². The first-order chi connectivity index (χ1) is 11.1. The van der Waals surface area contributed by atoms with Gasteiger partial charge in [-0.3, -0.25) is 10.1 Å². The van der Waals surface area contributed by atoms with Crippen LogP contribution in [-0.4, -0.2) is 16.1 Å². The molecule has 0 aliphatic carbocycles. The van der Waals surface area contributed by atoms with Gasteiger partial charge in [0.05, 0.1) is 10.6 Å². The van der Waals surface area contributed by atoms with E-state index in [1.165, 1.54) is 29.0 Å². The first-order valence-electron chi connectivity index (χ1n) is 6.93. The van der Waals surface area contributed by atoms with Crippen LogP contribution in [0.1, 0.15) is 11.1 Å². The van der Waals surface area contributed by atoms with E-state index in [0.29, 0.717) is 5.13 Å². The molecule has 1 aromatic heterocycles. The van der Waals surface area contributed by atoms with Crippen molar-refractivity contribution in [2.24, 2.45) is 4.99 Å². The smallest absolute Gasteiger partial charge is 0.258 e. The van der Waals surface area contributed by atoms with Crippen LogP contribution in [0.4, 0.5) is 10.8 Å². The van der Waals surface area contributed by atoms with E-state index in [9.17, 15) is 10.1 Å². The number of non-ortho nitro benzene ring substituents is 1. The summed E-state index contributed by atoms with van der Waals surface area (Å²) in [6.07, 6.45) is 1.65. The summed E-state index contributed by atoms with van der Waals surface area (Å²) in [5.41, 5.74) is 4.02. The average Bonchev–Trinajstić information content (AvgIpc) is 3.03. The Balaban J connectivity index is 1.75. The molecule has 0 spiro atoms. The number of aryl methyl sites for hydroxylation is 1. The summed E-state index contributed by atoms with van der Waals surface area (Å²) < 4.78 is 0. The number of nitro groups is 1. The lowest BCUT2D eigenvalue weighted by Gasteiger charge is -1.96. The molecule has 0 bridgehead atoms. The maximum Gasteiger partial charge on any atom is 0.269 e. The Morgan fingerprint density at radius 2 is 1.83 bits per heavy atom. The van der Waals surface area contributed by atoms with Gasteiger partial charge in [0.1, 0.15) is 0 Å². The predicted molar refractivity (Wildman–Crippen MR) is 92.6 cm³/mol. The molecular formula is C17H13N3O2S. The zero-order valence-corrected chi connectivity index (χ0v) is 13.2. The summed E-state index contributed by atoms with van der Waals surface area (Å²) in [4.78, 5) is 19.0. The zero-order chi connectivity index (χ0) is 16.2. The van der Waals surface area contributed by atoms with Gasteiger partial charge in [0.25, 0.3) is 5.69 Å². The minimum absolute atomic E-state index is 0.0676. The van der Waals surface area contributed by atoms with Crippen LogP contribution in [0.15, 0.2) is 58.9 Å². The standard InChI is InChI=1S/C17H13N3O2S/c1-12-2-6-14(7-3-12)16-11-23-17(19-16)18-10-13-4-8-15(9-5-13)20(21)22/h2-11H,1H3. The lowest BCUT2D eigenvalue weighted by atomic mass is 10.1. The van der Waals surface area contributed by atoms with Crippen molar-refractivity contribution in [2.45, 2.75) is 6.92 Å². The lowest BCUT2D eigenvalue weighted by molar-refractivity contribution is -0.384. The van der Waals surface area contributed by atoms with Gasteiger partial charge in [0.15, 0.2) is 0 Å². The second kappa shape index (κ2) is 6.50. The van der Waals surface area contributed by atoms with Crippen LogP contribution < -0.4 is 0 Å². The quantitative estimate of drug-likeness (QED) is 0.394. The molecule has 0 amide bonds. The van der Waals surface area contributed by atoms with Gasteiger partial charge in [-0.2, -0.15) is 0 Å². The van der Waals surface area contributed by atoms with E-state index in [-0.39, 0.29) is 5.69 Å². The second-order valence-electron chi connectivity index (χ2n) is 4.99. The molecule has 6 heteroatoms. The summed E-state index contributed by atoms with van der Waals surface area (Å²) in [6, 6.07) is 14.4. The van der Waals surface area contributed by atoms with E-state index in [4.69, 9.17) is 0 Å². The highest BCUT2D eigenvalue weighted by Crippen LogP contribution is 2.26. The third-order valence-electron chi connectivity index (χ3n) is 3.27. The van der Waals surface area contributed by atoms with Gasteiger partial charge in [-0.1, -0.05) is 29.8 Å². The van der Waals surface area contributed by atoms with Crippen LogP contribution in [0.2, 0.25) is 0 Å². The molecule has 0 aliphatic rings. The summed E-state index contributed by atoms with van der Waals surface area (Å²) >= 11 is 1.46. The summed E-state index contributed by atoms with van der Waals surface area (Å²) in [6.45, 7) is 2.05. The predicted octanol–water partition coefficient (Wildman–Crippen LogP) is 4.78. The third kappa shape index (κ3) is 3.67. The molecule has 1 heterocycles. The van der Waals surface area contributed by atoms with E-state index in [1.54, 1.807) is 18.3 Å². The molecule has 2 aromatic carbocycles. The third-order valence-corrected chi connectivity index (χ3v) is 4.02. The Morgan fingerprint density at radius 3 is 2.48 bits per heavy atom. The van der Waals surface area contributed by atoms with Gasteiger partial charge < -0.3 is 0 Å². The Bertz CT molecular complexity index is 852. The highest BCUT2D eigenvalue weighted by Gasteiger charge is 2.04. The number of nitro benzene ring substituents is 1. The molecule has 5 nitrogen and oxygen atoms in total. The zero-order valence-electron chi connectivity index (χ0n) is 12.3. The van der Waals surface area contributed by atoms with Crippen molar-refractivity contribution in [1.29, 1.82) is 0 Å². The molecule has 114 valence electrons. The van der Waals surface area contributed by atoms with E-state index in [0.717, 1.165) is 16.8 Å². The van der Waals surface area contributed by atoms with Gasteiger partial charge in [0, 0.05) is 29.3 Å². The monoisotopic (exact) mass is 323 g/mol. The molecule has 0 atom stereocenters. The molecule has 0 saturated heterocycles. The summed E-state index contributed by atoms with van der Waals surface area (Å²) in [5.74, 6) is 0. The van der Waals surface area contributed by atoms with Gasteiger partial charge >= 0.3 is 0 Å². The number of thiazole rings is 1. The Labute approximate surface area is 137 Å². The van der Waals surface area contributed by atoms with E-state index >= 15 is 0 Å². The molecular weight excluding hydrogens is 310 g/mol. The van der Waals surface area contributed by atoms with Crippen LogP contribution in [0, 0.1) is 17.0 Å². The molecule has 3 rings (SSSR count). The maximum absolute atomic E-state index is 10.6. The van der Waals surface area contributed by atoms with Crippen molar-refractivity contribution < 1.29 is 4.92 Å². The topological polar surface area (TPSA) is 68.4 Å². The number of aliphatic imine (C=N–C) groups is 1. The number of benzene rings is 2. The molecule has 0 N–H and O–H groups in total. The number of nitrogens with zero attached hydrogens (tertiary/aromatic N) is 3. The van der Waals surface area contributed by atoms with Crippen LogP contribution in [0.25, 0.3) is 11.3 Å². The Hall–Kier alpha value is -2.86. The highest BCUT2D eigenvalue weighted by atomic mass is 32.1. The van der Waals surface area contributed by atoms with Crippen LogP contribution in [0.3, 0.4) is 0 Å². The molecule has 23 heavy (non-hydrogen) atoms. The van der Waals surface area contributed by atoms with Gasteiger partial charge in [0.2, 0.25) is 5.13 Å². The number of hydrogen-bond donors (Lipinski definition) is 0. The first-order valence-corrected chi connectivity index (χ1v) is 7.81. The Kier molecular flexibility index (Phi) is 4.25. The van der Waals surface area contributed by atoms with Crippen molar-refractivity contribution in [1.82, 2.24) is 4.98 Å². The fourth-order valence-corrected chi connectivity index (χ4v) is 2.66. The van der Waals surface area contributed by atoms with Gasteiger partial charge in [-0.25, -0.2) is 9.98 Å². The fraction of sp³-hybridized carbons (Fsp3) is 0.0588. The van der Waals surface area contributed by atoms with Crippen LogP contribution in [0.5, 0.6) is 0 Å². The van der Waals surface area contributed by atoms with Crippen molar-refractivity contribution in [2.75, 3.05) is 0 Å². The minimum atomic E-state index is -0.421. The molecule has 0 saturated carbocycles.